The average molecular weight is 455 g/mol. The zero-order valence-corrected chi connectivity index (χ0v) is 18.3. The summed E-state index contributed by atoms with van der Waals surface area (Å²) in [4.78, 5) is 22.0. The summed E-state index contributed by atoms with van der Waals surface area (Å²) in [6, 6.07) is 19.2. The number of benzene rings is 2. The van der Waals surface area contributed by atoms with Crippen LogP contribution >= 0.6 is 0 Å². The number of carbonyl (C=O) groups excluding carboxylic acids is 1. The van der Waals surface area contributed by atoms with Gasteiger partial charge in [0.15, 0.2) is 0 Å². The van der Waals surface area contributed by atoms with Gasteiger partial charge in [0, 0.05) is 31.2 Å². The normalized spacial score (nSPS) is 11.1. The van der Waals surface area contributed by atoms with E-state index in [1.54, 1.807) is 54.9 Å². The van der Waals surface area contributed by atoms with E-state index in [0.717, 1.165) is 5.56 Å². The lowest BCUT2D eigenvalue weighted by Crippen LogP contribution is -2.26. The third kappa shape index (κ3) is 7.16. The summed E-state index contributed by atoms with van der Waals surface area (Å²) in [7, 11) is -3.50. The molecule has 0 unspecified atom stereocenters. The lowest BCUT2D eigenvalue weighted by Gasteiger charge is -2.12. The van der Waals surface area contributed by atoms with Crippen molar-refractivity contribution in [1.82, 2.24) is 15.2 Å². The highest BCUT2D eigenvalue weighted by atomic mass is 32.2. The Hall–Kier alpha value is -3.27. The fraction of sp³-hybridized carbons (Fsp3) is 0.217. The van der Waals surface area contributed by atoms with Crippen LogP contribution in [0.1, 0.15) is 28.8 Å². The minimum absolute atomic E-state index is 0.236. The molecule has 9 heteroatoms. The Bertz CT molecular complexity index is 1090. The van der Waals surface area contributed by atoms with Crippen LogP contribution in [-0.4, -0.2) is 32.5 Å². The maximum Gasteiger partial charge on any atom is 0.276 e. The molecule has 0 atom stereocenters. The maximum absolute atomic E-state index is 12.5. The minimum Gasteiger partial charge on any atom is -0.380 e. The van der Waals surface area contributed by atoms with Crippen molar-refractivity contribution in [2.45, 2.75) is 24.3 Å². The Morgan fingerprint density at radius 2 is 1.62 bits per heavy atom. The number of hydrogen-bond donors (Lipinski definition) is 3. The Morgan fingerprint density at radius 1 is 0.906 bits per heavy atom. The van der Waals surface area contributed by atoms with E-state index in [1.807, 2.05) is 24.3 Å². The van der Waals surface area contributed by atoms with Gasteiger partial charge in [-0.1, -0.05) is 30.3 Å². The number of hydrogen-bond acceptors (Lipinski definition) is 6. The van der Waals surface area contributed by atoms with Crippen LogP contribution in [0.2, 0.25) is 0 Å². The van der Waals surface area contributed by atoms with E-state index in [-0.39, 0.29) is 24.0 Å². The van der Waals surface area contributed by atoms with Crippen LogP contribution in [0.4, 0.5) is 5.69 Å². The second kappa shape index (κ2) is 11.9. The first-order valence-electron chi connectivity index (χ1n) is 10.2. The third-order valence-electron chi connectivity index (χ3n) is 4.59. The average Bonchev–Trinajstić information content (AvgIpc) is 2.83. The first-order valence-corrected chi connectivity index (χ1v) is 11.7. The molecule has 3 rings (SSSR count). The first kappa shape index (κ1) is 23.4. The maximum atomic E-state index is 12.5. The van der Waals surface area contributed by atoms with Gasteiger partial charge in [-0.3, -0.25) is 14.6 Å². The third-order valence-corrected chi connectivity index (χ3v) is 6.06. The largest absolute Gasteiger partial charge is 0.380 e. The second-order valence-corrected chi connectivity index (χ2v) is 8.72. The molecule has 0 spiro atoms. The fourth-order valence-corrected chi connectivity index (χ4v) is 3.99. The summed E-state index contributed by atoms with van der Waals surface area (Å²) in [5.74, 6) is -0.354. The van der Waals surface area contributed by atoms with Crippen molar-refractivity contribution in [3.05, 3.63) is 90.3 Å². The van der Waals surface area contributed by atoms with Gasteiger partial charge >= 0.3 is 0 Å². The van der Waals surface area contributed by atoms with Crippen molar-refractivity contribution in [1.29, 1.82) is 0 Å². The number of unbranched alkanes of at least 4 members (excludes halogenated alkanes) is 1. The van der Waals surface area contributed by atoms with Crippen LogP contribution in [0.15, 0.2) is 84.0 Å². The number of carbonyl (C=O) groups is 1. The molecule has 3 aromatic rings. The summed E-state index contributed by atoms with van der Waals surface area (Å²) >= 11 is 0. The number of nitrogens with zero attached hydrogens (tertiary/aromatic N) is 1. The van der Waals surface area contributed by atoms with E-state index in [9.17, 15) is 13.2 Å². The standard InChI is InChI=1S/C23H26N4O4S/c28-23(21-10-4-5-11-22(21)25-18-19-12-15-24-16-13-19)27-31-17-7-6-14-26-32(29,30)20-8-2-1-3-9-20/h1-5,8-13,15-16,25-26H,6-7,14,17-18H2,(H,27,28). The highest BCUT2D eigenvalue weighted by molar-refractivity contribution is 7.89. The highest BCUT2D eigenvalue weighted by Gasteiger charge is 2.12. The zero-order chi connectivity index (χ0) is 22.7. The van der Waals surface area contributed by atoms with Crippen molar-refractivity contribution in [2.75, 3.05) is 18.5 Å². The molecule has 0 fully saturated rings. The smallest absolute Gasteiger partial charge is 0.276 e. The van der Waals surface area contributed by atoms with E-state index in [4.69, 9.17) is 4.84 Å². The van der Waals surface area contributed by atoms with Crippen LogP contribution in [0, 0.1) is 0 Å². The van der Waals surface area contributed by atoms with E-state index < -0.39 is 10.0 Å². The van der Waals surface area contributed by atoms with Crippen LogP contribution in [-0.2, 0) is 21.4 Å². The molecule has 1 aromatic heterocycles. The summed E-state index contributed by atoms with van der Waals surface area (Å²) in [5, 5.41) is 3.25. The molecular formula is C23H26N4O4S. The Balaban J connectivity index is 1.37. The van der Waals surface area contributed by atoms with Crippen molar-refractivity contribution in [2.24, 2.45) is 0 Å². The van der Waals surface area contributed by atoms with Gasteiger partial charge in [-0.25, -0.2) is 18.6 Å². The van der Waals surface area contributed by atoms with Gasteiger partial charge in [-0.2, -0.15) is 0 Å². The molecule has 0 aliphatic carbocycles. The Labute approximate surface area is 188 Å². The van der Waals surface area contributed by atoms with Gasteiger partial charge in [0.05, 0.1) is 17.1 Å². The quantitative estimate of drug-likeness (QED) is 0.287. The number of hydroxylamine groups is 1. The molecule has 32 heavy (non-hydrogen) atoms. The van der Waals surface area contributed by atoms with Gasteiger partial charge in [-0.15, -0.1) is 0 Å². The number of pyridine rings is 1. The van der Waals surface area contributed by atoms with Crippen LogP contribution in [0.3, 0.4) is 0 Å². The van der Waals surface area contributed by atoms with Gasteiger partial charge in [0.1, 0.15) is 0 Å². The molecule has 0 saturated carbocycles. The molecule has 0 aliphatic heterocycles. The van der Waals surface area contributed by atoms with E-state index in [0.29, 0.717) is 30.6 Å². The topological polar surface area (TPSA) is 109 Å². The molecule has 8 nitrogen and oxygen atoms in total. The molecule has 1 heterocycles. The molecule has 0 saturated heterocycles. The fourth-order valence-electron chi connectivity index (χ4n) is 2.89. The lowest BCUT2D eigenvalue weighted by atomic mass is 10.1. The SMILES string of the molecule is O=C(NOCCCCNS(=O)(=O)c1ccccc1)c1ccccc1NCc1ccncc1. The van der Waals surface area contributed by atoms with Gasteiger partial charge in [-0.05, 0) is 54.8 Å². The number of rotatable bonds is 12. The molecule has 0 aliphatic rings. The summed E-state index contributed by atoms with van der Waals surface area (Å²) in [6.45, 7) is 1.12. The second-order valence-electron chi connectivity index (χ2n) is 6.95. The van der Waals surface area contributed by atoms with Crippen LogP contribution in [0.5, 0.6) is 0 Å². The van der Waals surface area contributed by atoms with Crippen molar-refractivity contribution >= 4 is 21.6 Å². The lowest BCUT2D eigenvalue weighted by molar-refractivity contribution is 0.0300. The van der Waals surface area contributed by atoms with Crippen molar-refractivity contribution in [3.8, 4) is 0 Å². The van der Waals surface area contributed by atoms with Crippen molar-refractivity contribution < 1.29 is 18.0 Å². The molecule has 0 bridgehead atoms. The highest BCUT2D eigenvalue weighted by Crippen LogP contribution is 2.16. The first-order chi connectivity index (χ1) is 15.6. The molecular weight excluding hydrogens is 428 g/mol. The van der Waals surface area contributed by atoms with E-state index in [2.05, 4.69) is 20.5 Å². The molecule has 2 aromatic carbocycles. The number of sulfonamides is 1. The number of anilines is 1. The minimum atomic E-state index is -3.50. The van der Waals surface area contributed by atoms with Gasteiger partial charge < -0.3 is 5.32 Å². The molecule has 168 valence electrons. The predicted molar refractivity (Wildman–Crippen MR) is 122 cm³/mol. The zero-order valence-electron chi connectivity index (χ0n) is 17.5. The van der Waals surface area contributed by atoms with E-state index >= 15 is 0 Å². The van der Waals surface area contributed by atoms with Gasteiger partial charge in [0.2, 0.25) is 10.0 Å². The van der Waals surface area contributed by atoms with Crippen LogP contribution in [0.25, 0.3) is 0 Å². The number of para-hydroxylation sites is 1. The molecule has 1 amide bonds. The van der Waals surface area contributed by atoms with Crippen molar-refractivity contribution in [3.63, 3.8) is 0 Å². The molecule has 3 N–H and O–H groups in total. The Morgan fingerprint density at radius 3 is 2.41 bits per heavy atom. The summed E-state index contributed by atoms with van der Waals surface area (Å²) in [5.41, 5.74) is 4.66. The van der Waals surface area contributed by atoms with Crippen LogP contribution < -0.4 is 15.5 Å². The number of aromatic nitrogens is 1. The monoisotopic (exact) mass is 454 g/mol. The predicted octanol–water partition coefficient (Wildman–Crippen LogP) is 3.11. The summed E-state index contributed by atoms with van der Waals surface area (Å²) < 4.78 is 26.8. The van der Waals surface area contributed by atoms with Gasteiger partial charge in [0.25, 0.3) is 5.91 Å². The molecule has 0 radical (unpaired) electrons. The number of nitrogens with one attached hydrogen (secondary N) is 3. The van der Waals surface area contributed by atoms with E-state index in [1.165, 1.54) is 0 Å². The number of amides is 1. The summed E-state index contributed by atoms with van der Waals surface area (Å²) in [6.07, 6.45) is 4.59. The Kier molecular flexibility index (Phi) is 8.73.